The summed E-state index contributed by atoms with van der Waals surface area (Å²) < 4.78 is 5.45. The quantitative estimate of drug-likeness (QED) is 0.632. The first-order valence-corrected chi connectivity index (χ1v) is 5.18. The highest BCUT2D eigenvalue weighted by Crippen LogP contribution is 2.29. The fraction of sp³-hybridized carbons (Fsp3) is 0.727. The minimum absolute atomic E-state index is 0.0364. The van der Waals surface area contributed by atoms with Crippen LogP contribution in [0.4, 0.5) is 0 Å². The standard InChI is InChI=1S/C11H17NO2/c1-11(2)8-14-6-5-12(11)9-3-4-10(13)7-9/h7H,3-6,8H2,1-2H3. The summed E-state index contributed by atoms with van der Waals surface area (Å²) in [4.78, 5) is 13.5. The van der Waals surface area contributed by atoms with Crippen LogP contribution in [0.15, 0.2) is 11.8 Å². The van der Waals surface area contributed by atoms with Gasteiger partial charge in [0.2, 0.25) is 0 Å². The van der Waals surface area contributed by atoms with Crippen LogP contribution in [0.25, 0.3) is 0 Å². The number of hydrogen-bond acceptors (Lipinski definition) is 3. The maximum Gasteiger partial charge on any atom is 0.157 e. The number of hydrogen-bond donors (Lipinski definition) is 0. The largest absolute Gasteiger partial charge is 0.377 e. The topological polar surface area (TPSA) is 29.5 Å². The molecule has 78 valence electrons. The molecule has 0 aromatic heterocycles. The normalized spacial score (nSPS) is 26.6. The zero-order valence-corrected chi connectivity index (χ0v) is 8.88. The molecule has 0 aromatic carbocycles. The van der Waals surface area contributed by atoms with Gasteiger partial charge in [0.05, 0.1) is 18.8 Å². The van der Waals surface area contributed by atoms with E-state index in [0.29, 0.717) is 6.42 Å². The summed E-state index contributed by atoms with van der Waals surface area (Å²) in [5, 5.41) is 0. The zero-order valence-electron chi connectivity index (χ0n) is 8.88. The molecule has 1 fully saturated rings. The summed E-state index contributed by atoms with van der Waals surface area (Å²) in [5.41, 5.74) is 1.23. The lowest BCUT2D eigenvalue weighted by Crippen LogP contribution is -2.51. The first-order chi connectivity index (χ1) is 6.59. The molecule has 14 heavy (non-hydrogen) atoms. The summed E-state index contributed by atoms with van der Waals surface area (Å²) in [6.45, 7) is 6.76. The van der Waals surface area contributed by atoms with E-state index in [1.165, 1.54) is 5.70 Å². The Balaban J connectivity index is 2.16. The Morgan fingerprint density at radius 3 is 2.79 bits per heavy atom. The predicted molar refractivity (Wildman–Crippen MR) is 53.9 cm³/mol. The molecule has 0 spiro atoms. The molecule has 0 atom stereocenters. The Morgan fingerprint density at radius 1 is 1.43 bits per heavy atom. The molecule has 0 amide bonds. The fourth-order valence-corrected chi connectivity index (χ4v) is 2.19. The number of morpholine rings is 1. The summed E-state index contributed by atoms with van der Waals surface area (Å²) in [5.74, 6) is 0.266. The smallest absolute Gasteiger partial charge is 0.157 e. The molecular formula is C11H17NO2. The van der Waals surface area contributed by atoms with Crippen LogP contribution in [0.5, 0.6) is 0 Å². The van der Waals surface area contributed by atoms with E-state index in [9.17, 15) is 4.79 Å². The Bertz CT molecular complexity index is 281. The van der Waals surface area contributed by atoms with Gasteiger partial charge in [0.15, 0.2) is 5.78 Å². The second-order valence-electron chi connectivity index (χ2n) is 4.62. The molecule has 0 radical (unpaired) electrons. The van der Waals surface area contributed by atoms with Crippen molar-refractivity contribution in [1.29, 1.82) is 0 Å². The van der Waals surface area contributed by atoms with Crippen LogP contribution < -0.4 is 0 Å². The third-order valence-corrected chi connectivity index (χ3v) is 2.95. The first-order valence-electron chi connectivity index (χ1n) is 5.18. The second-order valence-corrected chi connectivity index (χ2v) is 4.62. The summed E-state index contributed by atoms with van der Waals surface area (Å²) >= 11 is 0. The molecule has 0 N–H and O–H groups in total. The summed E-state index contributed by atoms with van der Waals surface area (Å²) in [7, 11) is 0. The van der Waals surface area contributed by atoms with E-state index in [-0.39, 0.29) is 11.3 Å². The number of ether oxygens (including phenoxy) is 1. The molecule has 0 saturated carbocycles. The number of carbonyl (C=O) groups excluding carboxylic acids is 1. The molecule has 0 aromatic rings. The first kappa shape index (κ1) is 9.71. The van der Waals surface area contributed by atoms with Gasteiger partial charge in [0.25, 0.3) is 0 Å². The Morgan fingerprint density at radius 2 is 2.21 bits per heavy atom. The molecule has 0 unspecified atom stereocenters. The lowest BCUT2D eigenvalue weighted by atomic mass is 10.0. The average Bonchev–Trinajstić information content (AvgIpc) is 2.51. The van der Waals surface area contributed by atoms with Crippen molar-refractivity contribution in [3.8, 4) is 0 Å². The average molecular weight is 195 g/mol. The van der Waals surface area contributed by atoms with E-state index >= 15 is 0 Å². The Hall–Kier alpha value is -0.830. The number of ketones is 1. The molecule has 1 aliphatic heterocycles. The lowest BCUT2D eigenvalue weighted by Gasteiger charge is -2.44. The third kappa shape index (κ3) is 1.69. The second kappa shape index (κ2) is 3.39. The van der Waals surface area contributed by atoms with Crippen LogP contribution in [0, 0.1) is 0 Å². The van der Waals surface area contributed by atoms with Gasteiger partial charge in [-0.25, -0.2) is 0 Å². The number of nitrogens with zero attached hydrogens (tertiary/aromatic N) is 1. The minimum atomic E-state index is 0.0364. The van der Waals surface area contributed by atoms with E-state index in [1.54, 1.807) is 6.08 Å². The van der Waals surface area contributed by atoms with Crippen molar-refractivity contribution in [3.63, 3.8) is 0 Å². The van der Waals surface area contributed by atoms with E-state index in [0.717, 1.165) is 26.2 Å². The minimum Gasteiger partial charge on any atom is -0.377 e. The van der Waals surface area contributed by atoms with Crippen molar-refractivity contribution in [1.82, 2.24) is 4.90 Å². The van der Waals surface area contributed by atoms with E-state index < -0.39 is 0 Å². The van der Waals surface area contributed by atoms with Crippen LogP contribution in [0.3, 0.4) is 0 Å². The van der Waals surface area contributed by atoms with Gasteiger partial charge in [-0.15, -0.1) is 0 Å². The predicted octanol–water partition coefficient (Wildman–Crippen LogP) is 1.34. The third-order valence-electron chi connectivity index (χ3n) is 2.95. The molecule has 1 aliphatic carbocycles. The molecule has 2 rings (SSSR count). The number of allylic oxidation sites excluding steroid dienone is 2. The zero-order chi connectivity index (χ0) is 10.2. The molecule has 0 bridgehead atoms. The van der Waals surface area contributed by atoms with Crippen molar-refractivity contribution in [3.05, 3.63) is 11.8 Å². The molecule has 3 heteroatoms. The highest BCUT2D eigenvalue weighted by atomic mass is 16.5. The Labute approximate surface area is 84.7 Å². The van der Waals surface area contributed by atoms with Gasteiger partial charge in [-0.1, -0.05) is 0 Å². The van der Waals surface area contributed by atoms with Gasteiger partial charge in [-0.2, -0.15) is 0 Å². The van der Waals surface area contributed by atoms with Gasteiger partial charge >= 0.3 is 0 Å². The monoisotopic (exact) mass is 195 g/mol. The summed E-state index contributed by atoms with van der Waals surface area (Å²) in [6, 6.07) is 0. The highest BCUT2D eigenvalue weighted by molar-refractivity contribution is 5.92. The molecule has 1 saturated heterocycles. The van der Waals surface area contributed by atoms with Crippen molar-refractivity contribution in [2.24, 2.45) is 0 Å². The van der Waals surface area contributed by atoms with Crippen molar-refractivity contribution in [2.45, 2.75) is 32.2 Å². The maximum absolute atomic E-state index is 11.2. The molecule has 3 nitrogen and oxygen atoms in total. The molecule has 1 heterocycles. The van der Waals surface area contributed by atoms with Crippen LogP contribution >= 0.6 is 0 Å². The highest BCUT2D eigenvalue weighted by Gasteiger charge is 2.33. The lowest BCUT2D eigenvalue weighted by molar-refractivity contribution is -0.114. The van der Waals surface area contributed by atoms with E-state index in [1.807, 2.05) is 0 Å². The van der Waals surface area contributed by atoms with Gasteiger partial charge in [-0.3, -0.25) is 4.79 Å². The SMILES string of the molecule is CC1(C)COCCN1C1=CC(=O)CC1. The fourth-order valence-electron chi connectivity index (χ4n) is 2.19. The van der Waals surface area contributed by atoms with Crippen LogP contribution in [-0.4, -0.2) is 36.0 Å². The van der Waals surface area contributed by atoms with Crippen molar-refractivity contribution in [2.75, 3.05) is 19.8 Å². The van der Waals surface area contributed by atoms with Crippen LogP contribution in [-0.2, 0) is 9.53 Å². The maximum atomic E-state index is 11.2. The van der Waals surface area contributed by atoms with Crippen LogP contribution in [0.1, 0.15) is 26.7 Å². The summed E-state index contributed by atoms with van der Waals surface area (Å²) in [6.07, 6.45) is 3.39. The van der Waals surface area contributed by atoms with Gasteiger partial charge in [0.1, 0.15) is 0 Å². The van der Waals surface area contributed by atoms with Crippen molar-refractivity contribution < 1.29 is 9.53 Å². The van der Waals surface area contributed by atoms with Gasteiger partial charge < -0.3 is 9.64 Å². The molecular weight excluding hydrogens is 178 g/mol. The van der Waals surface area contributed by atoms with Crippen molar-refractivity contribution >= 4 is 5.78 Å². The Kier molecular flexibility index (Phi) is 2.35. The number of carbonyl (C=O) groups is 1. The van der Waals surface area contributed by atoms with Gasteiger partial charge in [-0.05, 0) is 20.3 Å². The van der Waals surface area contributed by atoms with Crippen LogP contribution in [0.2, 0.25) is 0 Å². The van der Waals surface area contributed by atoms with E-state index in [4.69, 9.17) is 4.74 Å². The molecule has 2 aliphatic rings. The van der Waals surface area contributed by atoms with Gasteiger partial charge in [0, 0.05) is 24.7 Å². The number of rotatable bonds is 1. The van der Waals surface area contributed by atoms with E-state index in [2.05, 4.69) is 18.7 Å².